The maximum Gasteiger partial charge on any atom is 0.302 e. The van der Waals surface area contributed by atoms with Crippen molar-refractivity contribution in [2.45, 2.75) is 32.0 Å². The van der Waals surface area contributed by atoms with Crippen LogP contribution in [0.4, 0.5) is 8.78 Å². The van der Waals surface area contributed by atoms with E-state index in [1.165, 1.54) is 13.8 Å². The molecule has 2 aliphatic rings. The van der Waals surface area contributed by atoms with Crippen molar-refractivity contribution in [3.63, 3.8) is 0 Å². The minimum Gasteiger partial charge on any atom is -0.260 e. The van der Waals surface area contributed by atoms with Crippen LogP contribution in [0.2, 0.25) is 0 Å². The molecule has 10 heteroatoms. The zero-order valence-corrected chi connectivity index (χ0v) is 11.9. The van der Waals surface area contributed by atoms with Gasteiger partial charge in [0.2, 0.25) is 0 Å². The maximum atomic E-state index is 14.2. The van der Waals surface area contributed by atoms with Crippen LogP contribution in [0.1, 0.15) is 13.8 Å². The van der Waals surface area contributed by atoms with Crippen molar-refractivity contribution < 1.29 is 34.0 Å². The summed E-state index contributed by atoms with van der Waals surface area (Å²) >= 11 is 0. The first-order valence-electron chi connectivity index (χ1n) is 5.64. The molecule has 0 aromatic heterocycles. The summed E-state index contributed by atoms with van der Waals surface area (Å²) < 4.78 is 82.1. The minimum absolute atomic E-state index is 0.513. The number of hydrogen-bond donors (Lipinski definition) is 0. The Balaban J connectivity index is 2.29. The van der Waals surface area contributed by atoms with Crippen LogP contribution in [0.5, 0.6) is 0 Å². The Kier molecular flexibility index (Phi) is 3.44. The molecule has 4 atom stereocenters. The summed E-state index contributed by atoms with van der Waals surface area (Å²) in [6.07, 6.45) is -3.78. The summed E-state index contributed by atoms with van der Waals surface area (Å²) in [7, 11) is -7.98. The molecule has 2 fully saturated rings. The number of alkyl halides is 2. The van der Waals surface area contributed by atoms with Gasteiger partial charge in [0, 0.05) is 11.8 Å². The van der Waals surface area contributed by atoms with Crippen molar-refractivity contribution in [3.05, 3.63) is 0 Å². The molecule has 2 rings (SSSR count). The van der Waals surface area contributed by atoms with Crippen LogP contribution in [-0.4, -0.2) is 46.5 Å². The number of rotatable bonds is 2. The first-order valence-corrected chi connectivity index (χ1v) is 8.80. The highest BCUT2D eigenvalue weighted by Crippen LogP contribution is 2.43. The van der Waals surface area contributed by atoms with Gasteiger partial charge in [0.25, 0.3) is 20.2 Å². The molecule has 0 radical (unpaired) electrons. The molecular weight excluding hydrogens is 306 g/mol. The van der Waals surface area contributed by atoms with E-state index < -0.39 is 61.7 Å². The molecule has 0 aromatic carbocycles. The van der Waals surface area contributed by atoms with E-state index >= 15 is 0 Å². The summed E-state index contributed by atoms with van der Waals surface area (Å²) in [5.74, 6) is -6.58. The second-order valence-corrected chi connectivity index (χ2v) is 8.39. The van der Waals surface area contributed by atoms with Crippen LogP contribution in [0.25, 0.3) is 0 Å². The Morgan fingerprint density at radius 3 is 1.42 bits per heavy atom. The monoisotopic (exact) mass is 320 g/mol. The predicted molar refractivity (Wildman–Crippen MR) is 60.6 cm³/mol. The normalized spacial score (nSPS) is 41.5. The van der Waals surface area contributed by atoms with Gasteiger partial charge in [-0.15, -0.1) is 0 Å². The Morgan fingerprint density at radius 1 is 0.895 bits per heavy atom. The second kappa shape index (κ2) is 4.34. The summed E-state index contributed by atoms with van der Waals surface area (Å²) in [5.41, 5.74) is 0. The third-order valence-corrected chi connectivity index (χ3v) is 6.10. The van der Waals surface area contributed by atoms with E-state index in [-0.39, 0.29) is 0 Å². The summed E-state index contributed by atoms with van der Waals surface area (Å²) in [6.45, 7) is 2.63. The van der Waals surface area contributed by atoms with Gasteiger partial charge in [-0.25, -0.2) is 8.78 Å². The maximum absolute atomic E-state index is 14.2. The standard InChI is InChI=1S/C9H14F2O6S2/c1-5-3-18(12,13)16-7(5)9(10,11)8-6(2)4-19(14,15)17-8/h5-8H,3-4H2,1-2H3. The third kappa shape index (κ3) is 2.76. The van der Waals surface area contributed by atoms with E-state index in [0.29, 0.717) is 0 Å². The van der Waals surface area contributed by atoms with Crippen molar-refractivity contribution >= 4 is 20.2 Å². The number of halogens is 2. The Labute approximate surface area is 110 Å². The Bertz CT molecular complexity index is 520. The summed E-state index contributed by atoms with van der Waals surface area (Å²) in [4.78, 5) is 0. The van der Waals surface area contributed by atoms with Crippen LogP contribution in [-0.2, 0) is 28.6 Å². The lowest BCUT2D eigenvalue weighted by atomic mass is 9.91. The Hall–Kier alpha value is -0.320. The zero-order valence-electron chi connectivity index (χ0n) is 10.2. The smallest absolute Gasteiger partial charge is 0.260 e. The van der Waals surface area contributed by atoms with Gasteiger partial charge in [0.1, 0.15) is 12.2 Å². The molecular formula is C9H14F2O6S2. The zero-order chi connectivity index (χ0) is 14.6. The largest absolute Gasteiger partial charge is 0.302 e. The van der Waals surface area contributed by atoms with Gasteiger partial charge in [-0.3, -0.25) is 8.37 Å². The van der Waals surface area contributed by atoms with Crippen molar-refractivity contribution in [2.24, 2.45) is 11.8 Å². The number of hydrogen-bond acceptors (Lipinski definition) is 6. The molecule has 0 amide bonds. The average molecular weight is 320 g/mol. The quantitative estimate of drug-likeness (QED) is 0.682. The van der Waals surface area contributed by atoms with Crippen molar-refractivity contribution in [1.82, 2.24) is 0 Å². The summed E-state index contributed by atoms with van der Waals surface area (Å²) in [5, 5.41) is 0. The average Bonchev–Trinajstić information content (AvgIpc) is 2.62. The molecule has 6 nitrogen and oxygen atoms in total. The van der Waals surface area contributed by atoms with Crippen LogP contribution < -0.4 is 0 Å². The minimum atomic E-state index is -3.99. The molecule has 2 aliphatic heterocycles. The van der Waals surface area contributed by atoms with E-state index in [4.69, 9.17) is 0 Å². The molecule has 0 aromatic rings. The third-order valence-electron chi connectivity index (χ3n) is 3.23. The molecule has 0 spiro atoms. The van der Waals surface area contributed by atoms with E-state index in [0.717, 1.165) is 0 Å². The lowest BCUT2D eigenvalue weighted by molar-refractivity contribution is -0.168. The van der Waals surface area contributed by atoms with Crippen LogP contribution >= 0.6 is 0 Å². The van der Waals surface area contributed by atoms with Gasteiger partial charge in [-0.05, 0) is 0 Å². The topological polar surface area (TPSA) is 86.7 Å². The van der Waals surface area contributed by atoms with Gasteiger partial charge in [-0.2, -0.15) is 16.8 Å². The highest BCUT2D eigenvalue weighted by molar-refractivity contribution is 7.87. The van der Waals surface area contributed by atoms with Gasteiger partial charge in [-0.1, -0.05) is 13.8 Å². The van der Waals surface area contributed by atoms with Crippen LogP contribution in [0, 0.1) is 11.8 Å². The molecule has 2 saturated heterocycles. The van der Waals surface area contributed by atoms with E-state index in [2.05, 4.69) is 8.37 Å². The SMILES string of the molecule is CC1CS(=O)(=O)OC1C(F)(F)C1OS(=O)(=O)CC1C. The molecule has 4 unspecified atom stereocenters. The molecule has 112 valence electrons. The van der Waals surface area contributed by atoms with Crippen molar-refractivity contribution in [2.75, 3.05) is 11.5 Å². The van der Waals surface area contributed by atoms with Crippen LogP contribution in [0.15, 0.2) is 0 Å². The van der Waals surface area contributed by atoms with Gasteiger partial charge < -0.3 is 0 Å². The first kappa shape index (κ1) is 15.1. The fraction of sp³-hybridized carbons (Fsp3) is 1.00. The molecule has 0 bridgehead atoms. The van der Waals surface area contributed by atoms with Crippen LogP contribution in [0.3, 0.4) is 0 Å². The fourth-order valence-corrected chi connectivity index (χ4v) is 5.51. The predicted octanol–water partition coefficient (Wildman–Crippen LogP) is 0.351. The fourth-order valence-electron chi connectivity index (χ4n) is 2.45. The lowest BCUT2D eigenvalue weighted by Crippen LogP contribution is -2.49. The molecule has 0 aliphatic carbocycles. The molecule has 2 heterocycles. The molecule has 0 N–H and O–H groups in total. The lowest BCUT2D eigenvalue weighted by Gasteiger charge is -2.29. The van der Waals surface area contributed by atoms with Crippen molar-refractivity contribution in [3.8, 4) is 0 Å². The van der Waals surface area contributed by atoms with E-state index in [1.807, 2.05) is 0 Å². The van der Waals surface area contributed by atoms with Crippen molar-refractivity contribution in [1.29, 1.82) is 0 Å². The van der Waals surface area contributed by atoms with Gasteiger partial charge in [0.15, 0.2) is 0 Å². The second-order valence-electron chi connectivity index (χ2n) is 5.11. The van der Waals surface area contributed by atoms with E-state index in [1.54, 1.807) is 0 Å². The molecule has 19 heavy (non-hydrogen) atoms. The van der Waals surface area contributed by atoms with E-state index in [9.17, 15) is 25.6 Å². The summed E-state index contributed by atoms with van der Waals surface area (Å²) in [6, 6.07) is 0. The molecule has 0 saturated carbocycles. The highest BCUT2D eigenvalue weighted by Gasteiger charge is 2.61. The van der Waals surface area contributed by atoms with Gasteiger partial charge in [0.05, 0.1) is 11.5 Å². The highest BCUT2D eigenvalue weighted by atomic mass is 32.2. The Morgan fingerprint density at radius 2 is 1.21 bits per heavy atom. The first-order chi connectivity index (χ1) is 8.45. The van der Waals surface area contributed by atoms with Gasteiger partial charge >= 0.3 is 5.92 Å².